The molecule has 1 unspecified atom stereocenters. The van der Waals surface area contributed by atoms with Gasteiger partial charge in [0.25, 0.3) is 0 Å². The summed E-state index contributed by atoms with van der Waals surface area (Å²) in [4.78, 5) is 25.9. The predicted molar refractivity (Wildman–Crippen MR) is 82.5 cm³/mol. The molecule has 1 saturated heterocycles. The molecule has 0 saturated carbocycles. The largest absolute Gasteiger partial charge is 0.351 e. The Hall–Kier alpha value is -1.36. The molecule has 0 aliphatic carbocycles. The fourth-order valence-electron chi connectivity index (χ4n) is 2.23. The Kier molecular flexibility index (Phi) is 4.18. The van der Waals surface area contributed by atoms with Crippen LogP contribution in [0, 0.1) is 5.92 Å². The van der Waals surface area contributed by atoms with E-state index in [1.165, 1.54) is 0 Å². The van der Waals surface area contributed by atoms with E-state index < -0.39 is 0 Å². The lowest BCUT2D eigenvalue weighted by atomic mass is 10.0. The monoisotopic (exact) mass is 338 g/mol. The third kappa shape index (κ3) is 3.60. The van der Waals surface area contributed by atoms with Gasteiger partial charge in [-0.15, -0.1) is 0 Å². The maximum Gasteiger partial charge on any atom is 0.227 e. The molecule has 2 amide bonds. The molecule has 1 atom stereocenters. The van der Waals surface area contributed by atoms with Crippen molar-refractivity contribution in [3.8, 4) is 0 Å². The molecule has 2 rings (SSSR count). The number of benzene rings is 1. The highest BCUT2D eigenvalue weighted by atomic mass is 79.9. The maximum atomic E-state index is 12.1. The Bertz CT molecular complexity index is 520. The summed E-state index contributed by atoms with van der Waals surface area (Å²) < 4.78 is 0.968. The number of nitrogens with zero attached hydrogens (tertiary/aromatic N) is 1. The van der Waals surface area contributed by atoms with E-state index in [0.29, 0.717) is 6.54 Å². The second-order valence-electron chi connectivity index (χ2n) is 6.12. The van der Waals surface area contributed by atoms with E-state index in [1.54, 1.807) is 4.90 Å². The van der Waals surface area contributed by atoms with E-state index in [0.717, 1.165) is 10.2 Å². The van der Waals surface area contributed by atoms with Crippen LogP contribution in [0.1, 0.15) is 27.2 Å². The zero-order valence-electron chi connectivity index (χ0n) is 11.9. The molecule has 0 radical (unpaired) electrons. The van der Waals surface area contributed by atoms with Gasteiger partial charge in [0.05, 0.1) is 5.92 Å². The summed E-state index contributed by atoms with van der Waals surface area (Å²) in [6.07, 6.45) is 0.276. The van der Waals surface area contributed by atoms with E-state index in [2.05, 4.69) is 21.2 Å². The normalized spacial score (nSPS) is 19.3. The first-order chi connectivity index (χ1) is 9.26. The summed E-state index contributed by atoms with van der Waals surface area (Å²) in [5, 5.41) is 2.94. The number of halogens is 1. The molecule has 1 heterocycles. The highest BCUT2D eigenvalue weighted by molar-refractivity contribution is 9.10. The zero-order chi connectivity index (χ0) is 14.9. The van der Waals surface area contributed by atoms with Crippen molar-refractivity contribution in [2.75, 3.05) is 11.4 Å². The smallest absolute Gasteiger partial charge is 0.227 e. The Morgan fingerprint density at radius 2 is 1.90 bits per heavy atom. The van der Waals surface area contributed by atoms with Crippen molar-refractivity contribution in [3.63, 3.8) is 0 Å². The molecule has 5 heteroatoms. The third-order valence-electron chi connectivity index (χ3n) is 3.13. The molecule has 1 fully saturated rings. The van der Waals surface area contributed by atoms with Crippen LogP contribution in [0.25, 0.3) is 0 Å². The van der Waals surface area contributed by atoms with Crippen molar-refractivity contribution >= 4 is 33.4 Å². The van der Waals surface area contributed by atoms with Crippen LogP contribution < -0.4 is 10.2 Å². The van der Waals surface area contributed by atoms with Gasteiger partial charge >= 0.3 is 0 Å². The molecular formula is C15H19BrN2O2. The lowest BCUT2D eigenvalue weighted by molar-refractivity contribution is -0.127. The molecule has 0 aromatic heterocycles. The van der Waals surface area contributed by atoms with Crippen LogP contribution in [0.2, 0.25) is 0 Å². The number of anilines is 1. The Balaban J connectivity index is 2.07. The van der Waals surface area contributed by atoms with Crippen molar-refractivity contribution in [1.29, 1.82) is 0 Å². The van der Waals surface area contributed by atoms with Gasteiger partial charge in [-0.05, 0) is 45.0 Å². The van der Waals surface area contributed by atoms with Crippen LogP contribution >= 0.6 is 15.9 Å². The van der Waals surface area contributed by atoms with Crippen LogP contribution in [0.4, 0.5) is 5.69 Å². The van der Waals surface area contributed by atoms with Crippen LogP contribution in [0.15, 0.2) is 28.7 Å². The van der Waals surface area contributed by atoms with Crippen molar-refractivity contribution in [3.05, 3.63) is 28.7 Å². The number of amides is 2. The van der Waals surface area contributed by atoms with Crippen LogP contribution in [0.3, 0.4) is 0 Å². The number of hydrogen-bond donors (Lipinski definition) is 1. The first-order valence-corrected chi connectivity index (χ1v) is 7.43. The van der Waals surface area contributed by atoms with E-state index >= 15 is 0 Å². The minimum Gasteiger partial charge on any atom is -0.351 e. The van der Waals surface area contributed by atoms with Gasteiger partial charge in [-0.1, -0.05) is 15.9 Å². The SMILES string of the molecule is CC(C)(C)NC(=O)C1CC(=O)N(c2ccc(Br)cc2)C1. The number of nitrogens with one attached hydrogen (secondary N) is 1. The summed E-state index contributed by atoms with van der Waals surface area (Å²) in [5.74, 6) is -0.322. The highest BCUT2D eigenvalue weighted by Gasteiger charge is 2.36. The summed E-state index contributed by atoms with van der Waals surface area (Å²) in [6, 6.07) is 7.55. The van der Waals surface area contributed by atoms with Gasteiger partial charge in [0, 0.05) is 28.7 Å². The molecule has 1 N–H and O–H groups in total. The molecular weight excluding hydrogens is 320 g/mol. The van der Waals surface area contributed by atoms with Gasteiger partial charge in [-0.2, -0.15) is 0 Å². The average Bonchev–Trinajstić information content (AvgIpc) is 2.70. The number of rotatable bonds is 2. The molecule has 0 spiro atoms. The van der Waals surface area contributed by atoms with Gasteiger partial charge in [0.15, 0.2) is 0 Å². The summed E-state index contributed by atoms with van der Waals surface area (Å²) in [5.41, 5.74) is 0.565. The highest BCUT2D eigenvalue weighted by Crippen LogP contribution is 2.26. The quantitative estimate of drug-likeness (QED) is 0.901. The third-order valence-corrected chi connectivity index (χ3v) is 3.66. The van der Waals surface area contributed by atoms with E-state index in [1.807, 2.05) is 45.0 Å². The van der Waals surface area contributed by atoms with Crippen LogP contribution in [-0.4, -0.2) is 23.9 Å². The van der Waals surface area contributed by atoms with Crippen molar-refractivity contribution in [2.45, 2.75) is 32.7 Å². The molecule has 0 bridgehead atoms. The van der Waals surface area contributed by atoms with Crippen molar-refractivity contribution in [1.82, 2.24) is 5.32 Å². The molecule has 1 aliphatic rings. The minimum absolute atomic E-state index is 0.00128. The minimum atomic E-state index is -0.273. The van der Waals surface area contributed by atoms with E-state index in [4.69, 9.17) is 0 Å². The van der Waals surface area contributed by atoms with E-state index in [9.17, 15) is 9.59 Å². The summed E-state index contributed by atoms with van der Waals surface area (Å²) >= 11 is 3.37. The molecule has 108 valence electrons. The second-order valence-corrected chi connectivity index (χ2v) is 7.04. The molecule has 20 heavy (non-hydrogen) atoms. The van der Waals surface area contributed by atoms with Gasteiger partial charge < -0.3 is 10.2 Å². The average molecular weight is 339 g/mol. The first kappa shape index (κ1) is 15.0. The standard InChI is InChI=1S/C15H19BrN2O2/c1-15(2,3)17-14(20)10-8-13(19)18(9-10)12-6-4-11(16)5-7-12/h4-7,10H,8-9H2,1-3H3,(H,17,20). The Morgan fingerprint density at radius 1 is 1.30 bits per heavy atom. The zero-order valence-corrected chi connectivity index (χ0v) is 13.5. The number of carbonyl (C=O) groups is 2. The van der Waals surface area contributed by atoms with Gasteiger partial charge in [0.1, 0.15) is 0 Å². The van der Waals surface area contributed by atoms with Crippen molar-refractivity contribution < 1.29 is 9.59 Å². The van der Waals surface area contributed by atoms with Crippen molar-refractivity contribution in [2.24, 2.45) is 5.92 Å². The second kappa shape index (κ2) is 5.56. The topological polar surface area (TPSA) is 49.4 Å². The molecule has 4 nitrogen and oxygen atoms in total. The molecule has 1 aromatic carbocycles. The molecule has 1 aromatic rings. The van der Waals surface area contributed by atoms with Gasteiger partial charge in [0.2, 0.25) is 11.8 Å². The first-order valence-electron chi connectivity index (χ1n) is 6.64. The van der Waals surface area contributed by atoms with Gasteiger partial charge in [-0.25, -0.2) is 0 Å². The number of carbonyl (C=O) groups excluding carboxylic acids is 2. The van der Waals surface area contributed by atoms with Crippen LogP contribution in [0.5, 0.6) is 0 Å². The fourth-order valence-corrected chi connectivity index (χ4v) is 2.49. The Labute approximate surface area is 127 Å². The lowest BCUT2D eigenvalue weighted by Gasteiger charge is -2.23. The Morgan fingerprint density at radius 3 is 2.45 bits per heavy atom. The predicted octanol–water partition coefficient (Wildman–Crippen LogP) is 2.72. The van der Waals surface area contributed by atoms with Crippen LogP contribution in [-0.2, 0) is 9.59 Å². The molecule has 1 aliphatic heterocycles. The summed E-state index contributed by atoms with van der Waals surface area (Å²) in [7, 11) is 0. The fraction of sp³-hybridized carbons (Fsp3) is 0.467. The van der Waals surface area contributed by atoms with E-state index in [-0.39, 0.29) is 29.7 Å². The number of hydrogen-bond acceptors (Lipinski definition) is 2. The van der Waals surface area contributed by atoms with Gasteiger partial charge in [-0.3, -0.25) is 9.59 Å². The lowest BCUT2D eigenvalue weighted by Crippen LogP contribution is -2.44. The maximum absolute atomic E-state index is 12.1. The summed E-state index contributed by atoms with van der Waals surface area (Å²) in [6.45, 7) is 6.26.